The zero-order chi connectivity index (χ0) is 7.72. The Morgan fingerprint density at radius 1 is 1.60 bits per heavy atom. The lowest BCUT2D eigenvalue weighted by atomic mass is 10.4. The van der Waals surface area contributed by atoms with E-state index in [4.69, 9.17) is 5.73 Å². The van der Waals surface area contributed by atoms with Gasteiger partial charge in [0.25, 0.3) is 6.43 Å². The third kappa shape index (κ3) is 0.916. The van der Waals surface area contributed by atoms with Gasteiger partial charge in [-0.1, -0.05) is 5.21 Å². The first kappa shape index (κ1) is 6.91. The van der Waals surface area contributed by atoms with Crippen molar-refractivity contribution in [1.29, 1.82) is 0 Å². The van der Waals surface area contributed by atoms with Crippen LogP contribution in [0.3, 0.4) is 0 Å². The van der Waals surface area contributed by atoms with Crippen molar-refractivity contribution in [1.82, 2.24) is 15.0 Å². The number of aromatic nitrogens is 3. The monoisotopic (exact) mass is 148 g/mol. The van der Waals surface area contributed by atoms with E-state index in [1.165, 1.54) is 7.05 Å². The van der Waals surface area contributed by atoms with Crippen molar-refractivity contribution < 1.29 is 8.78 Å². The minimum atomic E-state index is -2.61. The van der Waals surface area contributed by atoms with Crippen molar-refractivity contribution in [3.05, 3.63) is 5.69 Å². The SMILES string of the molecule is Cn1nnc(N)c1C(F)F. The number of alkyl halides is 2. The summed E-state index contributed by atoms with van der Waals surface area (Å²) < 4.78 is 24.8. The lowest BCUT2D eigenvalue weighted by Gasteiger charge is -1.97. The molecule has 2 N–H and O–H groups in total. The average Bonchev–Trinajstić information content (AvgIpc) is 2.11. The van der Waals surface area contributed by atoms with Crippen LogP contribution in [0.5, 0.6) is 0 Å². The van der Waals surface area contributed by atoms with E-state index >= 15 is 0 Å². The molecule has 0 unspecified atom stereocenters. The highest BCUT2D eigenvalue weighted by Gasteiger charge is 2.17. The summed E-state index contributed by atoms with van der Waals surface area (Å²) >= 11 is 0. The molecule has 6 heteroatoms. The normalized spacial score (nSPS) is 10.8. The average molecular weight is 148 g/mol. The number of nitrogens with two attached hydrogens (primary N) is 1. The van der Waals surface area contributed by atoms with Crippen molar-refractivity contribution in [3.63, 3.8) is 0 Å². The third-order valence-corrected chi connectivity index (χ3v) is 1.10. The first-order valence-electron chi connectivity index (χ1n) is 2.56. The molecule has 0 aliphatic carbocycles. The largest absolute Gasteiger partial charge is 0.380 e. The fraction of sp³-hybridized carbons (Fsp3) is 0.500. The molecule has 0 fully saturated rings. The van der Waals surface area contributed by atoms with Crippen LogP contribution >= 0.6 is 0 Å². The van der Waals surface area contributed by atoms with E-state index in [-0.39, 0.29) is 11.5 Å². The Morgan fingerprint density at radius 2 is 2.20 bits per heavy atom. The van der Waals surface area contributed by atoms with Crippen molar-refractivity contribution >= 4 is 5.82 Å². The number of aryl methyl sites for hydroxylation is 1. The predicted octanol–water partition coefficient (Wildman–Crippen LogP) is 0.335. The Kier molecular flexibility index (Phi) is 1.52. The molecular weight excluding hydrogens is 142 g/mol. The summed E-state index contributed by atoms with van der Waals surface area (Å²) in [6.07, 6.45) is -2.61. The van der Waals surface area contributed by atoms with Gasteiger partial charge < -0.3 is 5.73 Å². The van der Waals surface area contributed by atoms with Gasteiger partial charge in [0.2, 0.25) is 0 Å². The molecule has 1 heterocycles. The summed E-state index contributed by atoms with van der Waals surface area (Å²) in [5.41, 5.74) is 4.73. The smallest absolute Gasteiger partial charge is 0.283 e. The first-order valence-corrected chi connectivity index (χ1v) is 2.56. The van der Waals surface area contributed by atoms with Crippen LogP contribution in [0, 0.1) is 0 Å². The Hall–Kier alpha value is -1.20. The zero-order valence-electron chi connectivity index (χ0n) is 5.25. The molecule has 1 aromatic rings. The van der Waals surface area contributed by atoms with Crippen molar-refractivity contribution in [2.45, 2.75) is 6.43 Å². The summed E-state index contributed by atoms with van der Waals surface area (Å²) in [6, 6.07) is 0. The van der Waals surface area contributed by atoms with Gasteiger partial charge in [0.05, 0.1) is 0 Å². The third-order valence-electron chi connectivity index (χ3n) is 1.10. The lowest BCUT2D eigenvalue weighted by Crippen LogP contribution is -2.00. The van der Waals surface area contributed by atoms with Crippen LogP contribution in [0.25, 0.3) is 0 Å². The topological polar surface area (TPSA) is 56.7 Å². The highest BCUT2D eigenvalue weighted by atomic mass is 19.3. The summed E-state index contributed by atoms with van der Waals surface area (Å²) in [5, 5.41) is 6.55. The second-order valence-corrected chi connectivity index (χ2v) is 1.78. The summed E-state index contributed by atoms with van der Waals surface area (Å²) in [7, 11) is 1.37. The second kappa shape index (κ2) is 2.20. The number of hydrogen-bond acceptors (Lipinski definition) is 3. The Labute approximate surface area is 55.6 Å². The minimum Gasteiger partial charge on any atom is -0.380 e. The molecule has 0 aromatic carbocycles. The Morgan fingerprint density at radius 3 is 2.40 bits per heavy atom. The zero-order valence-corrected chi connectivity index (χ0v) is 5.25. The predicted molar refractivity (Wildman–Crippen MR) is 30.4 cm³/mol. The lowest BCUT2D eigenvalue weighted by molar-refractivity contribution is 0.141. The van der Waals surface area contributed by atoms with Crippen LogP contribution in [-0.4, -0.2) is 15.0 Å². The van der Waals surface area contributed by atoms with Crippen molar-refractivity contribution in [2.75, 3.05) is 5.73 Å². The van der Waals surface area contributed by atoms with Crippen molar-refractivity contribution in [3.8, 4) is 0 Å². The Balaban J connectivity index is 3.10. The van der Waals surface area contributed by atoms with Gasteiger partial charge in [-0.2, -0.15) is 0 Å². The summed E-state index contributed by atoms with van der Waals surface area (Å²) in [6.45, 7) is 0. The number of halogens is 2. The number of anilines is 1. The molecule has 0 bridgehead atoms. The number of nitrogen functional groups attached to an aromatic ring is 1. The Bertz CT molecular complexity index is 212. The molecule has 0 aliphatic rings. The van der Waals surface area contributed by atoms with Gasteiger partial charge in [-0.05, 0) is 0 Å². The minimum absolute atomic E-state index is 0.211. The first-order chi connectivity index (χ1) is 4.63. The fourth-order valence-corrected chi connectivity index (χ4v) is 0.633. The molecule has 1 rings (SSSR count). The molecule has 0 saturated carbocycles. The van der Waals surface area contributed by atoms with E-state index in [0.29, 0.717) is 0 Å². The van der Waals surface area contributed by atoms with Crippen LogP contribution < -0.4 is 5.73 Å². The van der Waals surface area contributed by atoms with Crippen LogP contribution in [-0.2, 0) is 7.05 Å². The van der Waals surface area contributed by atoms with Crippen LogP contribution in [0.2, 0.25) is 0 Å². The van der Waals surface area contributed by atoms with Gasteiger partial charge in [0, 0.05) is 7.05 Å². The van der Waals surface area contributed by atoms with E-state index in [9.17, 15) is 8.78 Å². The van der Waals surface area contributed by atoms with Gasteiger partial charge >= 0.3 is 0 Å². The van der Waals surface area contributed by atoms with E-state index in [2.05, 4.69) is 10.3 Å². The highest BCUT2D eigenvalue weighted by molar-refractivity contribution is 5.33. The molecule has 0 aliphatic heterocycles. The van der Waals surface area contributed by atoms with E-state index in [1.54, 1.807) is 0 Å². The fourth-order valence-electron chi connectivity index (χ4n) is 0.633. The molecule has 0 spiro atoms. The summed E-state index contributed by atoms with van der Waals surface area (Å²) in [5.74, 6) is -0.211. The maximum absolute atomic E-state index is 11.9. The van der Waals surface area contributed by atoms with E-state index in [1.807, 2.05) is 0 Å². The number of rotatable bonds is 1. The molecule has 0 saturated heterocycles. The maximum Gasteiger partial charge on any atom is 0.283 e. The maximum atomic E-state index is 11.9. The molecule has 0 amide bonds. The van der Waals surface area contributed by atoms with Crippen LogP contribution in [0.1, 0.15) is 12.1 Å². The molecule has 10 heavy (non-hydrogen) atoms. The number of nitrogens with zero attached hydrogens (tertiary/aromatic N) is 3. The van der Waals surface area contributed by atoms with Gasteiger partial charge in [-0.15, -0.1) is 5.10 Å². The second-order valence-electron chi connectivity index (χ2n) is 1.78. The standard InChI is InChI=1S/C4H6F2N4/c1-10-2(3(5)6)4(7)8-9-10/h3H,7H2,1H3. The molecular formula is C4H6F2N4. The van der Waals surface area contributed by atoms with E-state index < -0.39 is 6.43 Å². The summed E-state index contributed by atoms with van der Waals surface area (Å²) in [4.78, 5) is 0. The molecule has 56 valence electrons. The quantitative estimate of drug-likeness (QED) is 0.624. The van der Waals surface area contributed by atoms with Gasteiger partial charge in [-0.25, -0.2) is 13.5 Å². The highest BCUT2D eigenvalue weighted by Crippen LogP contribution is 2.21. The molecule has 0 radical (unpaired) electrons. The molecule has 0 atom stereocenters. The van der Waals surface area contributed by atoms with Gasteiger partial charge in [-0.3, -0.25) is 0 Å². The van der Waals surface area contributed by atoms with Crippen LogP contribution in [0.15, 0.2) is 0 Å². The molecule has 4 nitrogen and oxygen atoms in total. The van der Waals surface area contributed by atoms with Gasteiger partial charge in [0.1, 0.15) is 5.69 Å². The number of hydrogen-bond donors (Lipinski definition) is 1. The molecule has 1 aromatic heterocycles. The van der Waals surface area contributed by atoms with E-state index in [0.717, 1.165) is 4.68 Å². The van der Waals surface area contributed by atoms with Gasteiger partial charge in [0.15, 0.2) is 5.82 Å². The van der Waals surface area contributed by atoms with Crippen LogP contribution in [0.4, 0.5) is 14.6 Å². The van der Waals surface area contributed by atoms with Crippen molar-refractivity contribution in [2.24, 2.45) is 7.05 Å².